The summed E-state index contributed by atoms with van der Waals surface area (Å²) < 4.78 is 83.9. The van der Waals surface area contributed by atoms with Crippen LogP contribution in [0.2, 0.25) is 0 Å². The standard InChI is InChI=1S/C15H10N.C13H11F2N2.C13H8NS.C12H8F2N.C11H6F2N.3C6H8N2O2.C5H8O2.5Ir/c1-2-7-13(8-3-1)15-14-9-5-4-6-12(14)10-11-16-15;1-16-8-9-4-5-17-13(6-9)11-3-2-10(14)7-12(11)15;1-2-7-12-10(5-1)9-13(15-12)11-6-3-4-8-14-11;1-8-4-5-15-12(6-8)10-3-2-9(13)7-11(10)14;12-8-4-5-9(10(13)7-8)11-3-1-2-6-14-11;3*1-4-3-5(6(9)10)7-8(4)2;1-4(6)3-5(2)7;;;;;/h1-7,9-11H;2,4-7,16H,8H2,1H3;1-8H;2,4-7H,1H3;1-4,6-7H;3*3H,1-2H3,(H,9,10);3,6H,1-2H3;;;;;/q5*-1;;;;;;;;;. The average Bonchev–Trinajstić information content (AvgIpc) is 1.38. The molecule has 0 aliphatic heterocycles. The molecule has 0 aliphatic carbocycles. The van der Waals surface area contributed by atoms with Crippen molar-refractivity contribution in [3.8, 4) is 55.6 Å². The largest absolute Gasteiger partial charge is 0.512 e. The predicted octanol–water partition coefficient (Wildman–Crippen LogP) is 18.3. The number of aliphatic hydroxyl groups is 1. The number of nitrogens with zero attached hydrogens (tertiary/aromatic N) is 11. The third-order valence-electron chi connectivity index (χ3n) is 15.4. The molecule has 20 nitrogen and oxygen atoms in total. The Kier molecular flexibility index (Phi) is 46.5. The van der Waals surface area contributed by atoms with E-state index in [1.165, 1.54) is 73.0 Å². The number of carbonyl (C=O) groups is 4. The number of aromatic carboxylic acids is 3. The third kappa shape index (κ3) is 33.9. The number of halogens is 6. The molecule has 629 valence electrons. The summed E-state index contributed by atoms with van der Waals surface area (Å²) in [5, 5.41) is 51.4. The number of hydrogen-bond acceptors (Lipinski definition) is 15. The van der Waals surface area contributed by atoms with Crippen LogP contribution < -0.4 is 5.32 Å². The number of allylic oxidation sites excluding steroid dienone is 2. The Morgan fingerprint density at radius 2 is 0.891 bits per heavy atom. The van der Waals surface area contributed by atoms with Gasteiger partial charge in [-0.3, -0.25) is 45.2 Å². The van der Waals surface area contributed by atoms with Gasteiger partial charge in [0.25, 0.3) is 0 Å². The summed E-state index contributed by atoms with van der Waals surface area (Å²) in [6.07, 6.45) is 9.55. The topological polar surface area (TPSA) is 279 Å². The van der Waals surface area contributed by atoms with Gasteiger partial charge in [0.1, 0.15) is 0 Å². The molecule has 0 aliphatic rings. The van der Waals surface area contributed by atoms with Crippen molar-refractivity contribution in [2.45, 2.75) is 48.1 Å². The molecule has 15 rings (SSSR count). The van der Waals surface area contributed by atoms with Crippen LogP contribution in [0.4, 0.5) is 26.3 Å². The van der Waals surface area contributed by atoms with E-state index in [0.29, 0.717) is 23.6 Å². The van der Waals surface area contributed by atoms with Gasteiger partial charge in [0.05, 0.1) is 5.76 Å². The zero-order valence-electron chi connectivity index (χ0n) is 64.8. The van der Waals surface area contributed by atoms with Crippen LogP contribution >= 0.6 is 11.3 Å². The molecule has 0 atom stereocenters. The van der Waals surface area contributed by atoms with Gasteiger partial charge in [-0.15, -0.1) is 95.9 Å². The second-order valence-electron chi connectivity index (χ2n) is 24.3. The minimum Gasteiger partial charge on any atom is -0.512 e. The van der Waals surface area contributed by atoms with E-state index >= 15 is 0 Å². The average molecular weight is 2520 g/mol. The molecule has 119 heavy (non-hydrogen) atoms. The SMILES string of the molecule is CC(=O)C=C(C)O.CNCc1ccnc(-c2[c-]cc(F)cc2F)c1.Cc1cc(C(=O)O)nn1C.Cc1cc(C(=O)O)nn1C.Cc1cc(C(=O)O)nn1C.Cc1ccnc(-c2[c-]cc(F)cc2F)c1.Fc1c[c-]c(-c2ccccn2)c(F)c1.[Ir].[Ir].[Ir].[Ir].[Ir].[c-]1c(-c2ccccn2)sc2ccccc12.[c-]1ccccc1-c1nccc2ccccc12. The fourth-order valence-electron chi connectivity index (χ4n) is 9.73. The summed E-state index contributed by atoms with van der Waals surface area (Å²) in [6, 6.07) is 69.2. The second-order valence-corrected chi connectivity index (χ2v) is 25.3. The van der Waals surface area contributed by atoms with Crippen LogP contribution in [0, 0.1) is 92.9 Å². The summed E-state index contributed by atoms with van der Waals surface area (Å²) >= 11 is 1.73. The number of aliphatic hydroxyl groups excluding tert-OH is 1. The summed E-state index contributed by atoms with van der Waals surface area (Å²) in [7, 11) is 6.95. The molecule has 32 heteroatoms. The normalized spacial score (nSPS) is 9.90. The quantitative estimate of drug-likeness (QED) is 0.0348. The molecule has 0 unspecified atom stereocenters. The molecule has 0 saturated heterocycles. The second kappa shape index (κ2) is 53.0. The Bertz CT molecular complexity index is 5520. The van der Waals surface area contributed by atoms with Crippen molar-refractivity contribution in [2.24, 2.45) is 21.1 Å². The molecule has 6 aromatic carbocycles. The number of nitrogens with one attached hydrogen (secondary N) is 1. The maximum atomic E-state index is 13.5. The fourth-order valence-corrected chi connectivity index (χ4v) is 10.7. The number of carbonyl (C=O) groups excluding carboxylic acids is 1. The number of pyridine rings is 5. The fraction of sp³-hybridized carbons (Fsp3) is 0.126. The van der Waals surface area contributed by atoms with Crippen LogP contribution in [0.5, 0.6) is 0 Å². The third-order valence-corrected chi connectivity index (χ3v) is 16.5. The molecule has 0 amide bonds. The van der Waals surface area contributed by atoms with Crippen molar-refractivity contribution in [1.82, 2.24) is 59.6 Å². The van der Waals surface area contributed by atoms with Crippen molar-refractivity contribution in [2.75, 3.05) is 7.05 Å². The van der Waals surface area contributed by atoms with Gasteiger partial charge in [-0.2, -0.15) is 15.3 Å². The van der Waals surface area contributed by atoms with E-state index < -0.39 is 52.8 Å². The number of aromatic nitrogens is 11. The number of benzene rings is 6. The number of carboxylic acids is 3. The first-order valence-electron chi connectivity index (χ1n) is 34.3. The Labute approximate surface area is 754 Å². The Hall–Kier alpha value is -10.7. The molecular formula is C87H75F6Ir5N12O8S-5. The van der Waals surface area contributed by atoms with E-state index in [1.807, 2.05) is 105 Å². The number of rotatable bonds is 11. The van der Waals surface area contributed by atoms with Gasteiger partial charge in [-0.25, -0.2) is 25.7 Å². The summed E-state index contributed by atoms with van der Waals surface area (Å²) in [6.45, 7) is 10.8. The summed E-state index contributed by atoms with van der Waals surface area (Å²) in [4.78, 5) is 62.8. The summed E-state index contributed by atoms with van der Waals surface area (Å²) in [5.74, 6) is -6.87. The van der Waals surface area contributed by atoms with Crippen molar-refractivity contribution in [3.05, 3.63) is 347 Å². The minimum atomic E-state index is -0.983. The zero-order chi connectivity index (χ0) is 83.0. The van der Waals surface area contributed by atoms with Crippen LogP contribution in [-0.4, -0.2) is 105 Å². The maximum absolute atomic E-state index is 13.5. The van der Waals surface area contributed by atoms with Crippen LogP contribution in [0.15, 0.2) is 237 Å². The molecule has 0 bridgehead atoms. The van der Waals surface area contributed by atoms with Gasteiger partial charge in [-0.05, 0) is 146 Å². The number of fused-ring (bicyclic) bond motifs is 2. The Morgan fingerprint density at radius 1 is 0.462 bits per heavy atom. The molecule has 9 aromatic heterocycles. The number of ketones is 1. The van der Waals surface area contributed by atoms with Crippen LogP contribution in [0.3, 0.4) is 0 Å². The number of thiophene rings is 1. The Morgan fingerprint density at radius 3 is 1.29 bits per heavy atom. The number of hydrogen-bond donors (Lipinski definition) is 5. The van der Waals surface area contributed by atoms with E-state index in [0.717, 1.165) is 86.4 Å². The molecule has 0 spiro atoms. The molecular weight excluding hydrogens is 2450 g/mol. The van der Waals surface area contributed by atoms with Crippen LogP contribution in [0.1, 0.15) is 73.5 Å². The van der Waals surface area contributed by atoms with Gasteiger partial charge in [0.2, 0.25) is 0 Å². The zero-order valence-corrected chi connectivity index (χ0v) is 77.6. The van der Waals surface area contributed by atoms with Crippen molar-refractivity contribution < 1.29 is 166 Å². The smallest absolute Gasteiger partial charge is 0.356 e. The van der Waals surface area contributed by atoms with E-state index in [1.54, 1.807) is 102 Å². The molecule has 9 heterocycles. The first-order chi connectivity index (χ1) is 54.5. The molecule has 15 aromatic rings. The molecule has 0 fully saturated rings. The van der Waals surface area contributed by atoms with E-state index in [9.17, 15) is 45.5 Å². The van der Waals surface area contributed by atoms with Crippen LogP contribution in [0.25, 0.3) is 76.5 Å². The summed E-state index contributed by atoms with van der Waals surface area (Å²) in [5.41, 5.74) is 9.75. The predicted molar refractivity (Wildman–Crippen MR) is 424 cm³/mol. The molecule has 5 radical (unpaired) electrons. The van der Waals surface area contributed by atoms with Crippen molar-refractivity contribution >= 4 is 55.9 Å². The minimum absolute atomic E-state index is 0. The monoisotopic (exact) mass is 2530 g/mol. The van der Waals surface area contributed by atoms with Crippen LogP contribution in [-0.2, 0) is 133 Å². The van der Waals surface area contributed by atoms with Crippen molar-refractivity contribution in [1.29, 1.82) is 0 Å². The van der Waals surface area contributed by atoms with Gasteiger partial charge in [0, 0.05) is 223 Å². The van der Waals surface area contributed by atoms with E-state index in [2.05, 4.69) is 106 Å². The number of carboxylic acid groups (broad SMARTS) is 3. The molecule has 0 saturated carbocycles. The van der Waals surface area contributed by atoms with Crippen molar-refractivity contribution in [3.63, 3.8) is 0 Å². The first kappa shape index (κ1) is 104. The van der Waals surface area contributed by atoms with Gasteiger partial charge in [-0.1, -0.05) is 113 Å². The van der Waals surface area contributed by atoms with Gasteiger partial charge < -0.3 is 50.7 Å². The van der Waals surface area contributed by atoms with Gasteiger partial charge >= 0.3 is 17.9 Å². The van der Waals surface area contributed by atoms with E-state index in [-0.39, 0.29) is 146 Å². The van der Waals surface area contributed by atoms with Gasteiger partial charge in [0.15, 0.2) is 22.9 Å². The Balaban J connectivity index is 0.000000456. The maximum Gasteiger partial charge on any atom is 0.356 e. The number of aryl methyl sites for hydroxylation is 7. The first-order valence-corrected chi connectivity index (χ1v) is 35.1. The van der Waals surface area contributed by atoms with E-state index in [4.69, 9.17) is 20.4 Å². The molecule has 5 N–H and O–H groups in total.